The fraction of sp³-hybridized carbons (Fsp3) is 0.316. The van der Waals surface area contributed by atoms with Crippen molar-refractivity contribution in [1.29, 1.82) is 0 Å². The van der Waals surface area contributed by atoms with E-state index >= 15 is 0 Å². The Morgan fingerprint density at radius 3 is 2.08 bits per heavy atom. The highest BCUT2D eigenvalue weighted by Crippen LogP contribution is 2.15. The van der Waals surface area contributed by atoms with Crippen molar-refractivity contribution >= 4 is 40.4 Å². The minimum Gasteiger partial charge on any atom is -0.332 e. The molecule has 0 saturated carbocycles. The summed E-state index contributed by atoms with van der Waals surface area (Å²) in [6, 6.07) is 10.4. The Hall–Kier alpha value is -2.67. The first-order valence-electron chi connectivity index (χ1n) is 8.34. The summed E-state index contributed by atoms with van der Waals surface area (Å²) in [5.41, 5.74) is 1.28. The minimum absolute atomic E-state index is 0.0366. The zero-order valence-electron chi connectivity index (χ0n) is 15.1. The van der Waals surface area contributed by atoms with Gasteiger partial charge in [-0.25, -0.2) is 0 Å². The van der Waals surface area contributed by atoms with Gasteiger partial charge in [0.25, 0.3) is 5.91 Å². The molecule has 138 valence electrons. The maximum atomic E-state index is 12.1. The second-order valence-corrected chi connectivity index (χ2v) is 7.36. The SMILES string of the molecule is CC(C)CC(=O)Nc1ccc(NC(=O)CN(C)C(=O)c2cccs2)cc1. The fourth-order valence-electron chi connectivity index (χ4n) is 2.30. The lowest BCUT2D eigenvalue weighted by atomic mass is 10.1. The van der Waals surface area contributed by atoms with Gasteiger partial charge < -0.3 is 15.5 Å². The van der Waals surface area contributed by atoms with E-state index in [0.717, 1.165) is 0 Å². The van der Waals surface area contributed by atoms with Crippen molar-refractivity contribution in [2.45, 2.75) is 20.3 Å². The molecule has 0 fully saturated rings. The molecular formula is C19H23N3O3S. The molecule has 6 nitrogen and oxygen atoms in total. The summed E-state index contributed by atoms with van der Waals surface area (Å²) in [6.07, 6.45) is 0.461. The van der Waals surface area contributed by atoms with Crippen LogP contribution in [-0.4, -0.2) is 36.2 Å². The Bertz CT molecular complexity index is 755. The van der Waals surface area contributed by atoms with E-state index in [4.69, 9.17) is 0 Å². The molecule has 0 atom stereocenters. The average Bonchev–Trinajstić information content (AvgIpc) is 3.09. The van der Waals surface area contributed by atoms with Gasteiger partial charge in [0.2, 0.25) is 11.8 Å². The number of benzene rings is 1. The highest BCUT2D eigenvalue weighted by Gasteiger charge is 2.15. The van der Waals surface area contributed by atoms with Crippen LogP contribution < -0.4 is 10.6 Å². The smallest absolute Gasteiger partial charge is 0.264 e. The van der Waals surface area contributed by atoms with Crippen molar-refractivity contribution in [3.63, 3.8) is 0 Å². The van der Waals surface area contributed by atoms with Crippen molar-refractivity contribution < 1.29 is 14.4 Å². The molecule has 26 heavy (non-hydrogen) atoms. The van der Waals surface area contributed by atoms with Gasteiger partial charge in [-0.15, -0.1) is 11.3 Å². The first-order chi connectivity index (χ1) is 12.3. The van der Waals surface area contributed by atoms with E-state index in [1.54, 1.807) is 43.4 Å². The molecule has 0 aliphatic rings. The number of hydrogen-bond acceptors (Lipinski definition) is 4. The molecule has 3 amide bonds. The van der Waals surface area contributed by atoms with Crippen LogP contribution in [0, 0.1) is 5.92 Å². The predicted molar refractivity (Wildman–Crippen MR) is 104 cm³/mol. The van der Waals surface area contributed by atoms with Crippen LogP contribution in [0.15, 0.2) is 41.8 Å². The molecule has 0 bridgehead atoms. The van der Waals surface area contributed by atoms with Gasteiger partial charge in [-0.05, 0) is 41.6 Å². The standard InChI is InChI=1S/C19H23N3O3S/c1-13(2)11-17(23)20-14-6-8-15(9-7-14)21-18(24)12-22(3)19(25)16-5-4-10-26-16/h4-10,13H,11-12H2,1-3H3,(H,20,23)(H,21,24). The van der Waals surface area contributed by atoms with Crippen molar-refractivity contribution in [2.24, 2.45) is 5.92 Å². The summed E-state index contributed by atoms with van der Waals surface area (Å²) in [5, 5.41) is 7.38. The Kier molecular flexibility index (Phi) is 6.91. The second-order valence-electron chi connectivity index (χ2n) is 6.41. The third kappa shape index (κ3) is 6.00. The third-order valence-corrected chi connectivity index (χ3v) is 4.36. The van der Waals surface area contributed by atoms with Crippen LogP contribution in [0.3, 0.4) is 0 Å². The molecule has 1 aromatic heterocycles. The average molecular weight is 373 g/mol. The highest BCUT2D eigenvalue weighted by molar-refractivity contribution is 7.12. The Morgan fingerprint density at radius 1 is 1.00 bits per heavy atom. The lowest BCUT2D eigenvalue weighted by Crippen LogP contribution is -2.34. The molecule has 0 aliphatic carbocycles. The quantitative estimate of drug-likeness (QED) is 0.780. The molecule has 0 unspecified atom stereocenters. The number of likely N-dealkylation sites (N-methyl/N-ethyl adjacent to an activating group) is 1. The van der Waals surface area contributed by atoms with E-state index in [2.05, 4.69) is 10.6 Å². The summed E-state index contributed by atoms with van der Waals surface area (Å²) in [7, 11) is 1.59. The molecule has 1 aromatic carbocycles. The van der Waals surface area contributed by atoms with Crippen LogP contribution in [0.4, 0.5) is 11.4 Å². The molecule has 2 rings (SSSR count). The summed E-state index contributed by atoms with van der Waals surface area (Å²) >= 11 is 1.34. The van der Waals surface area contributed by atoms with Crippen LogP contribution in [0.1, 0.15) is 29.9 Å². The molecule has 0 saturated heterocycles. The maximum absolute atomic E-state index is 12.1. The monoisotopic (exact) mass is 373 g/mol. The Labute approximate surface area is 157 Å². The van der Waals surface area contributed by atoms with Crippen molar-refractivity contribution in [1.82, 2.24) is 4.90 Å². The van der Waals surface area contributed by atoms with Crippen LogP contribution >= 0.6 is 11.3 Å². The number of carbonyl (C=O) groups excluding carboxylic acids is 3. The van der Waals surface area contributed by atoms with E-state index in [1.165, 1.54) is 16.2 Å². The van der Waals surface area contributed by atoms with Crippen LogP contribution in [0.5, 0.6) is 0 Å². The van der Waals surface area contributed by atoms with Crippen molar-refractivity contribution in [3.05, 3.63) is 46.7 Å². The minimum atomic E-state index is -0.283. The van der Waals surface area contributed by atoms with Crippen molar-refractivity contribution in [2.75, 3.05) is 24.2 Å². The molecule has 0 spiro atoms. The number of rotatable bonds is 7. The van der Waals surface area contributed by atoms with E-state index in [1.807, 2.05) is 19.2 Å². The number of thiophene rings is 1. The van der Waals surface area contributed by atoms with Gasteiger partial charge in [0.05, 0.1) is 11.4 Å². The zero-order chi connectivity index (χ0) is 19.1. The van der Waals surface area contributed by atoms with E-state index in [-0.39, 0.29) is 24.3 Å². The summed E-state index contributed by atoms with van der Waals surface area (Å²) in [6.45, 7) is 3.93. The summed E-state index contributed by atoms with van der Waals surface area (Å²) in [4.78, 5) is 38.0. The molecule has 0 aliphatic heterocycles. The van der Waals surface area contributed by atoms with Gasteiger partial charge in [0.15, 0.2) is 0 Å². The number of carbonyl (C=O) groups is 3. The first kappa shape index (κ1) is 19.7. The van der Waals surface area contributed by atoms with Gasteiger partial charge in [-0.3, -0.25) is 14.4 Å². The fourth-order valence-corrected chi connectivity index (χ4v) is 3.01. The van der Waals surface area contributed by atoms with Gasteiger partial charge in [0, 0.05) is 24.8 Å². The lowest BCUT2D eigenvalue weighted by molar-refractivity contribution is -0.117. The number of hydrogen-bond donors (Lipinski definition) is 2. The zero-order valence-corrected chi connectivity index (χ0v) is 15.9. The van der Waals surface area contributed by atoms with Crippen LogP contribution in [-0.2, 0) is 9.59 Å². The Morgan fingerprint density at radius 2 is 1.58 bits per heavy atom. The topological polar surface area (TPSA) is 78.5 Å². The molecular weight excluding hydrogens is 350 g/mol. The van der Waals surface area contributed by atoms with Gasteiger partial charge in [-0.1, -0.05) is 19.9 Å². The third-order valence-electron chi connectivity index (χ3n) is 3.51. The van der Waals surface area contributed by atoms with E-state index in [0.29, 0.717) is 28.6 Å². The molecule has 0 radical (unpaired) electrons. The van der Waals surface area contributed by atoms with Crippen LogP contribution in [0.25, 0.3) is 0 Å². The summed E-state index contributed by atoms with van der Waals surface area (Å²) in [5.74, 6) is -0.208. The lowest BCUT2D eigenvalue weighted by Gasteiger charge is -2.16. The van der Waals surface area contributed by atoms with Crippen LogP contribution in [0.2, 0.25) is 0 Å². The number of amides is 3. The second kappa shape index (κ2) is 9.15. The van der Waals surface area contributed by atoms with Crippen molar-refractivity contribution in [3.8, 4) is 0 Å². The largest absolute Gasteiger partial charge is 0.332 e. The summed E-state index contributed by atoms with van der Waals surface area (Å²) < 4.78 is 0. The molecule has 1 heterocycles. The van der Waals surface area contributed by atoms with E-state index < -0.39 is 0 Å². The molecule has 7 heteroatoms. The maximum Gasteiger partial charge on any atom is 0.264 e. The number of nitrogens with one attached hydrogen (secondary N) is 2. The van der Waals surface area contributed by atoms with E-state index in [9.17, 15) is 14.4 Å². The van der Waals surface area contributed by atoms with Gasteiger partial charge >= 0.3 is 0 Å². The highest BCUT2D eigenvalue weighted by atomic mass is 32.1. The van der Waals surface area contributed by atoms with Gasteiger partial charge in [-0.2, -0.15) is 0 Å². The number of anilines is 2. The number of nitrogens with zero attached hydrogens (tertiary/aromatic N) is 1. The normalized spacial score (nSPS) is 10.5. The van der Waals surface area contributed by atoms with Gasteiger partial charge in [0.1, 0.15) is 0 Å². The predicted octanol–water partition coefficient (Wildman–Crippen LogP) is 3.44. The first-order valence-corrected chi connectivity index (χ1v) is 9.22. The molecule has 2 N–H and O–H groups in total. The Balaban J connectivity index is 1.85. The molecule has 2 aromatic rings.